The Bertz CT molecular complexity index is 566. The Morgan fingerprint density at radius 1 is 1.00 bits per heavy atom. The molecule has 0 unspecified atom stereocenters. The number of anilines is 2. The van der Waals surface area contributed by atoms with E-state index in [1.807, 2.05) is 48.5 Å². The number of para-hydroxylation sites is 2. The molecule has 2 amide bonds. The van der Waals surface area contributed by atoms with Gasteiger partial charge in [-0.2, -0.15) is 0 Å². The van der Waals surface area contributed by atoms with Gasteiger partial charge in [0.2, 0.25) is 0 Å². The van der Waals surface area contributed by atoms with Crippen LogP contribution in [0, 0.1) is 0 Å². The molecule has 2 N–H and O–H groups in total. The largest absolute Gasteiger partial charge is 0.323 e. The van der Waals surface area contributed by atoms with Gasteiger partial charge in [0.15, 0.2) is 0 Å². The molecule has 2 rings (SSSR count). The molecule has 3 nitrogen and oxygen atoms in total. The Morgan fingerprint density at radius 3 is 2.35 bits per heavy atom. The normalized spacial score (nSPS) is 11.7. The molecule has 1 atom stereocenters. The van der Waals surface area contributed by atoms with Gasteiger partial charge in [-0.05, 0) is 36.1 Å². The second-order valence-corrected chi connectivity index (χ2v) is 4.84. The van der Waals surface area contributed by atoms with Crippen LogP contribution in [0.4, 0.5) is 16.2 Å². The van der Waals surface area contributed by atoms with E-state index in [2.05, 4.69) is 30.5 Å². The summed E-state index contributed by atoms with van der Waals surface area (Å²) in [6.07, 6.45) is 1.04. The molecular formula is C17H20N2O. The maximum atomic E-state index is 12.0. The number of hydrogen-bond acceptors (Lipinski definition) is 1. The van der Waals surface area contributed by atoms with Gasteiger partial charge in [-0.25, -0.2) is 4.79 Å². The number of amides is 2. The summed E-state index contributed by atoms with van der Waals surface area (Å²) < 4.78 is 0. The van der Waals surface area contributed by atoms with Gasteiger partial charge in [0, 0.05) is 11.4 Å². The van der Waals surface area contributed by atoms with Crippen molar-refractivity contribution < 1.29 is 4.79 Å². The van der Waals surface area contributed by atoms with E-state index in [0.29, 0.717) is 5.92 Å². The molecule has 2 aromatic carbocycles. The Hall–Kier alpha value is -2.29. The van der Waals surface area contributed by atoms with E-state index < -0.39 is 0 Å². The first-order valence-electron chi connectivity index (χ1n) is 6.92. The van der Waals surface area contributed by atoms with Crippen LogP contribution in [-0.4, -0.2) is 6.03 Å². The van der Waals surface area contributed by atoms with Gasteiger partial charge in [0.25, 0.3) is 0 Å². The molecule has 0 fully saturated rings. The molecule has 0 aliphatic heterocycles. The molecule has 0 aromatic heterocycles. The van der Waals surface area contributed by atoms with Crippen molar-refractivity contribution in [2.75, 3.05) is 10.6 Å². The lowest BCUT2D eigenvalue weighted by Crippen LogP contribution is -2.20. The van der Waals surface area contributed by atoms with Gasteiger partial charge < -0.3 is 10.6 Å². The van der Waals surface area contributed by atoms with E-state index in [-0.39, 0.29) is 6.03 Å². The van der Waals surface area contributed by atoms with Crippen molar-refractivity contribution in [1.82, 2.24) is 0 Å². The van der Waals surface area contributed by atoms with E-state index >= 15 is 0 Å². The van der Waals surface area contributed by atoms with Crippen LogP contribution in [0.25, 0.3) is 0 Å². The van der Waals surface area contributed by atoms with Crippen molar-refractivity contribution in [3.8, 4) is 0 Å². The molecular weight excluding hydrogens is 248 g/mol. The summed E-state index contributed by atoms with van der Waals surface area (Å²) in [4.78, 5) is 12.0. The van der Waals surface area contributed by atoms with Gasteiger partial charge >= 0.3 is 6.03 Å². The second-order valence-electron chi connectivity index (χ2n) is 4.84. The zero-order valence-electron chi connectivity index (χ0n) is 11.9. The van der Waals surface area contributed by atoms with Crippen LogP contribution in [-0.2, 0) is 0 Å². The minimum atomic E-state index is -0.216. The van der Waals surface area contributed by atoms with Crippen molar-refractivity contribution in [1.29, 1.82) is 0 Å². The number of rotatable bonds is 4. The summed E-state index contributed by atoms with van der Waals surface area (Å²) in [6, 6.07) is 17.1. The monoisotopic (exact) mass is 268 g/mol. The van der Waals surface area contributed by atoms with Gasteiger partial charge in [0.1, 0.15) is 0 Å². The van der Waals surface area contributed by atoms with Gasteiger partial charge in [-0.1, -0.05) is 50.2 Å². The van der Waals surface area contributed by atoms with Crippen LogP contribution in [0.3, 0.4) is 0 Å². The molecule has 0 radical (unpaired) electrons. The maximum Gasteiger partial charge on any atom is 0.323 e. The average molecular weight is 268 g/mol. The molecule has 0 spiro atoms. The summed E-state index contributed by atoms with van der Waals surface area (Å²) in [6.45, 7) is 4.31. The quantitative estimate of drug-likeness (QED) is 0.818. The van der Waals surface area contributed by atoms with Crippen LogP contribution in [0.5, 0.6) is 0 Å². The van der Waals surface area contributed by atoms with Crippen LogP contribution in [0.1, 0.15) is 31.7 Å². The lowest BCUT2D eigenvalue weighted by atomic mass is 9.97. The van der Waals surface area contributed by atoms with E-state index in [0.717, 1.165) is 17.8 Å². The third-order valence-electron chi connectivity index (χ3n) is 3.38. The zero-order chi connectivity index (χ0) is 14.4. The van der Waals surface area contributed by atoms with Crippen LogP contribution < -0.4 is 10.6 Å². The van der Waals surface area contributed by atoms with E-state index in [9.17, 15) is 4.79 Å². The predicted octanol–water partition coefficient (Wildman–Crippen LogP) is 4.84. The predicted molar refractivity (Wildman–Crippen MR) is 84.2 cm³/mol. The van der Waals surface area contributed by atoms with Gasteiger partial charge in [-0.3, -0.25) is 0 Å². The Balaban J connectivity index is 2.08. The fourth-order valence-corrected chi connectivity index (χ4v) is 2.07. The third kappa shape index (κ3) is 3.60. The molecule has 0 bridgehead atoms. The Kier molecular flexibility index (Phi) is 4.77. The molecule has 0 heterocycles. The first kappa shape index (κ1) is 14.1. The number of carbonyl (C=O) groups excluding carboxylic acids is 1. The number of hydrogen-bond donors (Lipinski definition) is 2. The number of carbonyl (C=O) groups is 1. The van der Waals surface area contributed by atoms with Gasteiger partial charge in [-0.15, -0.1) is 0 Å². The second kappa shape index (κ2) is 6.75. The highest BCUT2D eigenvalue weighted by atomic mass is 16.2. The fraction of sp³-hybridized carbons (Fsp3) is 0.235. The molecule has 0 aliphatic rings. The summed E-state index contributed by atoms with van der Waals surface area (Å²) in [7, 11) is 0. The van der Waals surface area contributed by atoms with Crippen LogP contribution in [0.15, 0.2) is 54.6 Å². The minimum absolute atomic E-state index is 0.216. The fourth-order valence-electron chi connectivity index (χ4n) is 2.07. The topological polar surface area (TPSA) is 41.1 Å². The van der Waals surface area contributed by atoms with E-state index in [1.165, 1.54) is 5.56 Å². The summed E-state index contributed by atoms with van der Waals surface area (Å²) in [5, 5.41) is 5.75. The minimum Gasteiger partial charge on any atom is -0.308 e. The summed E-state index contributed by atoms with van der Waals surface area (Å²) in [5.74, 6) is 0.420. The molecule has 20 heavy (non-hydrogen) atoms. The summed E-state index contributed by atoms with van der Waals surface area (Å²) >= 11 is 0. The summed E-state index contributed by atoms with van der Waals surface area (Å²) in [5.41, 5.74) is 2.82. The molecule has 0 saturated heterocycles. The first-order valence-corrected chi connectivity index (χ1v) is 6.92. The SMILES string of the molecule is CC[C@H](C)c1ccccc1NC(=O)Nc1ccccc1. The highest BCUT2D eigenvalue weighted by Crippen LogP contribution is 2.26. The smallest absolute Gasteiger partial charge is 0.308 e. The van der Waals surface area contributed by atoms with E-state index in [1.54, 1.807) is 0 Å². The molecule has 2 aromatic rings. The first-order chi connectivity index (χ1) is 9.70. The third-order valence-corrected chi connectivity index (χ3v) is 3.38. The standard InChI is InChI=1S/C17H20N2O/c1-3-13(2)15-11-7-8-12-16(15)19-17(20)18-14-9-5-4-6-10-14/h4-13H,3H2,1-2H3,(H2,18,19,20)/t13-/m0/s1. The number of nitrogens with one attached hydrogen (secondary N) is 2. The van der Waals surface area contributed by atoms with E-state index in [4.69, 9.17) is 0 Å². The number of urea groups is 1. The lowest BCUT2D eigenvalue weighted by Gasteiger charge is -2.16. The van der Waals surface area contributed by atoms with Crippen molar-refractivity contribution in [2.24, 2.45) is 0 Å². The van der Waals surface area contributed by atoms with Crippen molar-refractivity contribution >= 4 is 17.4 Å². The zero-order valence-corrected chi connectivity index (χ0v) is 11.9. The van der Waals surface area contributed by atoms with Crippen LogP contribution in [0.2, 0.25) is 0 Å². The van der Waals surface area contributed by atoms with Crippen molar-refractivity contribution in [3.05, 3.63) is 60.2 Å². The highest BCUT2D eigenvalue weighted by Gasteiger charge is 2.10. The lowest BCUT2D eigenvalue weighted by molar-refractivity contribution is 0.262. The average Bonchev–Trinajstić information content (AvgIpc) is 2.48. The Labute approximate surface area is 120 Å². The molecule has 104 valence electrons. The van der Waals surface area contributed by atoms with Crippen molar-refractivity contribution in [3.63, 3.8) is 0 Å². The molecule has 3 heteroatoms. The molecule has 0 aliphatic carbocycles. The number of benzene rings is 2. The van der Waals surface area contributed by atoms with Gasteiger partial charge in [0.05, 0.1) is 0 Å². The van der Waals surface area contributed by atoms with Crippen LogP contribution >= 0.6 is 0 Å². The maximum absolute atomic E-state index is 12.0. The highest BCUT2D eigenvalue weighted by molar-refractivity contribution is 6.00. The Morgan fingerprint density at radius 2 is 1.65 bits per heavy atom. The van der Waals surface area contributed by atoms with Crippen molar-refractivity contribution in [2.45, 2.75) is 26.2 Å². The molecule has 0 saturated carbocycles.